The second-order valence-corrected chi connectivity index (χ2v) is 9.43. The second kappa shape index (κ2) is 11.7. The lowest BCUT2D eigenvalue weighted by atomic mass is 10.1. The minimum atomic E-state index is -4.12. The van der Waals surface area contributed by atoms with Crippen LogP contribution in [-0.4, -0.2) is 76.3 Å². The van der Waals surface area contributed by atoms with E-state index >= 15 is 0 Å². The van der Waals surface area contributed by atoms with Crippen molar-refractivity contribution in [3.63, 3.8) is 0 Å². The van der Waals surface area contributed by atoms with Crippen molar-refractivity contribution < 1.29 is 36.2 Å². The minimum absolute atomic E-state index is 0.0313. The van der Waals surface area contributed by atoms with Crippen LogP contribution in [0.25, 0.3) is 0 Å². The first-order valence-electron chi connectivity index (χ1n) is 10.7. The maximum Gasteiger partial charge on any atom is 0.304 e. The predicted molar refractivity (Wildman–Crippen MR) is 121 cm³/mol. The summed E-state index contributed by atoms with van der Waals surface area (Å²) in [7, 11) is -2.55. The molecule has 1 atom stereocenters. The van der Waals surface area contributed by atoms with Crippen LogP contribution in [0.3, 0.4) is 0 Å². The van der Waals surface area contributed by atoms with Gasteiger partial charge in [0.1, 0.15) is 12.1 Å². The molecule has 0 bridgehead atoms. The third-order valence-electron chi connectivity index (χ3n) is 5.18. The number of methoxy groups -OCH3 is 1. The number of aromatic nitrogens is 1. The van der Waals surface area contributed by atoms with Gasteiger partial charge >= 0.3 is 10.2 Å². The summed E-state index contributed by atoms with van der Waals surface area (Å²) in [6.07, 6.45) is 1.20. The molecular formula is C21H29FN4O7S. The minimum Gasteiger partial charge on any atom is -0.431 e. The third kappa shape index (κ3) is 6.96. The Morgan fingerprint density at radius 3 is 2.82 bits per heavy atom. The molecule has 1 amide bonds. The average Bonchev–Trinajstić information content (AvgIpc) is 3.11. The summed E-state index contributed by atoms with van der Waals surface area (Å²) < 4.78 is 63.5. The van der Waals surface area contributed by atoms with Crippen molar-refractivity contribution in [3.05, 3.63) is 41.0 Å². The molecule has 1 saturated heterocycles. The van der Waals surface area contributed by atoms with Crippen LogP contribution < -0.4 is 10.0 Å². The van der Waals surface area contributed by atoms with Crippen molar-refractivity contribution >= 4 is 27.8 Å². The van der Waals surface area contributed by atoms with E-state index in [0.29, 0.717) is 43.1 Å². The zero-order valence-electron chi connectivity index (χ0n) is 19.3. The van der Waals surface area contributed by atoms with Gasteiger partial charge < -0.3 is 23.9 Å². The molecule has 1 unspecified atom stereocenters. The maximum atomic E-state index is 13.7. The van der Waals surface area contributed by atoms with Gasteiger partial charge in [-0.15, -0.1) is 0 Å². The van der Waals surface area contributed by atoms with E-state index in [1.807, 2.05) is 4.72 Å². The van der Waals surface area contributed by atoms with Crippen molar-refractivity contribution in [1.29, 1.82) is 0 Å². The molecule has 1 aromatic heterocycles. The first-order chi connectivity index (χ1) is 16.2. The van der Waals surface area contributed by atoms with Gasteiger partial charge in [-0.25, -0.2) is 9.11 Å². The number of benzene rings is 1. The summed E-state index contributed by atoms with van der Waals surface area (Å²) in [5.74, 6) is -1.28. The molecule has 0 saturated carbocycles. The van der Waals surface area contributed by atoms with Crippen molar-refractivity contribution in [2.24, 2.45) is 0 Å². The number of carbonyl (C=O) groups excluding carboxylic acids is 1. The van der Waals surface area contributed by atoms with Gasteiger partial charge in [0.2, 0.25) is 0 Å². The number of amides is 1. The fraction of sp³-hybridized carbons (Fsp3) is 0.524. The molecule has 0 aliphatic carbocycles. The van der Waals surface area contributed by atoms with Gasteiger partial charge in [0.15, 0.2) is 5.69 Å². The number of halogens is 1. The Hall–Kier alpha value is -2.58. The van der Waals surface area contributed by atoms with Gasteiger partial charge in [-0.1, -0.05) is 0 Å². The van der Waals surface area contributed by atoms with Gasteiger partial charge in [-0.2, -0.15) is 17.7 Å². The van der Waals surface area contributed by atoms with E-state index in [0.717, 1.165) is 10.6 Å². The lowest BCUT2D eigenvalue weighted by Gasteiger charge is -2.19. The van der Waals surface area contributed by atoms with E-state index in [1.54, 1.807) is 27.0 Å². The van der Waals surface area contributed by atoms with E-state index in [1.165, 1.54) is 6.07 Å². The normalized spacial score (nSPS) is 17.4. The Labute approximate surface area is 197 Å². The third-order valence-corrected chi connectivity index (χ3v) is 6.66. The standard InChI is InChI=1S/C21H29FN4O7S/c1-14-11-18(15(2)10-17(14)22)23-21-24-19(13-33-21)20(27)25-34(28,29)26-5-4-16(32-7-6-26)12-31-9-8-30-3/h10-11,13,16H,4-9,12H2,1-3H3,(H,23,24)(H,25,27). The van der Waals surface area contributed by atoms with E-state index in [-0.39, 0.29) is 43.3 Å². The summed E-state index contributed by atoms with van der Waals surface area (Å²) in [5, 5.41) is 2.86. The summed E-state index contributed by atoms with van der Waals surface area (Å²) >= 11 is 0. The topological polar surface area (TPSA) is 132 Å². The highest BCUT2D eigenvalue weighted by Gasteiger charge is 2.29. The number of ether oxygens (including phenoxy) is 3. The first-order valence-corrected chi connectivity index (χ1v) is 12.1. The lowest BCUT2D eigenvalue weighted by Crippen LogP contribution is -2.44. The quantitative estimate of drug-likeness (QED) is 0.469. The maximum absolute atomic E-state index is 13.7. The lowest BCUT2D eigenvalue weighted by molar-refractivity contribution is -0.0218. The summed E-state index contributed by atoms with van der Waals surface area (Å²) in [6, 6.07) is 2.91. The first kappa shape index (κ1) is 26.0. The molecule has 1 fully saturated rings. The number of hydrogen-bond acceptors (Lipinski definition) is 9. The highest BCUT2D eigenvalue weighted by atomic mass is 32.2. The fourth-order valence-corrected chi connectivity index (χ4v) is 4.36. The van der Waals surface area contributed by atoms with Crippen LogP contribution in [0.1, 0.15) is 28.0 Å². The highest BCUT2D eigenvalue weighted by Crippen LogP contribution is 2.23. The van der Waals surface area contributed by atoms with Gasteiger partial charge in [-0.3, -0.25) is 4.79 Å². The fourth-order valence-electron chi connectivity index (χ4n) is 3.23. The number of hydrogen-bond donors (Lipinski definition) is 2. The van der Waals surface area contributed by atoms with Crippen molar-refractivity contribution in [3.8, 4) is 0 Å². The van der Waals surface area contributed by atoms with E-state index < -0.39 is 16.1 Å². The van der Waals surface area contributed by atoms with E-state index in [9.17, 15) is 17.6 Å². The zero-order chi connectivity index (χ0) is 24.7. The predicted octanol–water partition coefficient (Wildman–Crippen LogP) is 1.90. The zero-order valence-corrected chi connectivity index (χ0v) is 20.1. The van der Waals surface area contributed by atoms with Gasteiger partial charge in [0.25, 0.3) is 11.9 Å². The number of aryl methyl sites for hydroxylation is 2. The molecule has 0 radical (unpaired) electrons. The van der Waals surface area contributed by atoms with Gasteiger partial charge in [-0.05, 0) is 43.5 Å². The Morgan fingerprint density at radius 1 is 1.26 bits per heavy atom. The molecular weight excluding hydrogens is 471 g/mol. The molecule has 1 aliphatic heterocycles. The number of rotatable bonds is 10. The number of carbonyl (C=O) groups is 1. The molecule has 2 heterocycles. The molecule has 11 nitrogen and oxygen atoms in total. The molecule has 13 heteroatoms. The van der Waals surface area contributed by atoms with Gasteiger partial charge in [0, 0.05) is 25.9 Å². The van der Waals surface area contributed by atoms with Crippen LogP contribution in [0, 0.1) is 19.7 Å². The summed E-state index contributed by atoms with van der Waals surface area (Å²) in [4.78, 5) is 16.5. The van der Waals surface area contributed by atoms with Crippen LogP contribution in [0.4, 0.5) is 16.1 Å². The SMILES string of the molecule is COCCOCC1CCN(S(=O)(=O)NC(=O)c2coc(Nc3cc(C)c(F)cc3C)n2)CCO1. The molecule has 0 spiro atoms. The molecule has 3 rings (SSSR count). The van der Waals surface area contributed by atoms with Gasteiger partial charge in [0.05, 0.1) is 32.5 Å². The Bertz CT molecular complexity index is 1090. The molecule has 34 heavy (non-hydrogen) atoms. The molecule has 188 valence electrons. The Kier molecular flexibility index (Phi) is 8.97. The van der Waals surface area contributed by atoms with Crippen molar-refractivity contribution in [2.75, 3.05) is 51.9 Å². The Morgan fingerprint density at radius 2 is 2.06 bits per heavy atom. The van der Waals surface area contributed by atoms with Crippen LogP contribution >= 0.6 is 0 Å². The van der Waals surface area contributed by atoms with Crippen LogP contribution in [0.2, 0.25) is 0 Å². The molecule has 2 aromatic rings. The monoisotopic (exact) mass is 500 g/mol. The van der Waals surface area contributed by atoms with E-state index in [2.05, 4.69) is 10.3 Å². The molecule has 1 aliphatic rings. The van der Waals surface area contributed by atoms with Crippen LogP contribution in [-0.2, 0) is 24.4 Å². The number of anilines is 2. The van der Waals surface area contributed by atoms with Crippen molar-refractivity contribution in [1.82, 2.24) is 14.0 Å². The summed E-state index contributed by atoms with van der Waals surface area (Å²) in [5.41, 5.74) is 1.36. The summed E-state index contributed by atoms with van der Waals surface area (Å²) in [6.45, 7) is 4.94. The smallest absolute Gasteiger partial charge is 0.304 e. The number of nitrogens with one attached hydrogen (secondary N) is 2. The number of nitrogens with zero attached hydrogens (tertiary/aromatic N) is 2. The van der Waals surface area contributed by atoms with Crippen LogP contribution in [0.5, 0.6) is 0 Å². The van der Waals surface area contributed by atoms with Crippen molar-refractivity contribution in [2.45, 2.75) is 26.4 Å². The average molecular weight is 501 g/mol. The Balaban J connectivity index is 1.57. The van der Waals surface area contributed by atoms with Crippen LogP contribution in [0.15, 0.2) is 22.8 Å². The van der Waals surface area contributed by atoms with E-state index in [4.69, 9.17) is 18.6 Å². The largest absolute Gasteiger partial charge is 0.431 e. The highest BCUT2D eigenvalue weighted by molar-refractivity contribution is 7.87. The number of oxazole rings is 1. The second-order valence-electron chi connectivity index (χ2n) is 7.76. The molecule has 2 N–H and O–H groups in total. The molecule has 1 aromatic carbocycles.